The Bertz CT molecular complexity index is 557. The van der Waals surface area contributed by atoms with E-state index in [1.54, 1.807) is 0 Å². The third-order valence-electron chi connectivity index (χ3n) is 3.61. The molecule has 2 rings (SSSR count). The summed E-state index contributed by atoms with van der Waals surface area (Å²) in [7, 11) is 1.49. The average Bonchev–Trinajstić information content (AvgIpc) is 2.52. The third-order valence-corrected chi connectivity index (χ3v) is 3.61. The van der Waals surface area contributed by atoms with Crippen molar-refractivity contribution in [2.24, 2.45) is 0 Å². The summed E-state index contributed by atoms with van der Waals surface area (Å²) in [6.45, 7) is 0.401. The van der Waals surface area contributed by atoms with Gasteiger partial charge in [0.05, 0.1) is 5.56 Å². The first-order valence-corrected chi connectivity index (χ1v) is 6.90. The van der Waals surface area contributed by atoms with E-state index in [1.807, 2.05) is 0 Å². The summed E-state index contributed by atoms with van der Waals surface area (Å²) in [5, 5.41) is 2.50. The summed E-state index contributed by atoms with van der Waals surface area (Å²) in [5.41, 5.74) is -1.01. The van der Waals surface area contributed by atoms with Gasteiger partial charge in [-0.15, -0.1) is 0 Å². The summed E-state index contributed by atoms with van der Waals surface area (Å²) >= 11 is 0. The van der Waals surface area contributed by atoms with Crippen molar-refractivity contribution < 1.29 is 22.8 Å². The number of rotatable bonds is 2. The quantitative estimate of drug-likeness (QED) is 0.906. The number of hydrogen-bond acceptors (Lipinski definition) is 3. The summed E-state index contributed by atoms with van der Waals surface area (Å²) in [4.78, 5) is 28.9. The maximum atomic E-state index is 12.5. The van der Waals surface area contributed by atoms with E-state index in [0.29, 0.717) is 13.0 Å². The van der Waals surface area contributed by atoms with Crippen molar-refractivity contribution in [2.45, 2.75) is 31.5 Å². The Morgan fingerprint density at radius 1 is 1.32 bits per heavy atom. The Morgan fingerprint density at radius 2 is 2.05 bits per heavy atom. The van der Waals surface area contributed by atoms with Crippen molar-refractivity contribution >= 4 is 11.8 Å². The molecule has 0 saturated carbocycles. The number of carbonyl (C=O) groups is 2. The van der Waals surface area contributed by atoms with Gasteiger partial charge in [0.1, 0.15) is 11.7 Å². The first kappa shape index (κ1) is 16.3. The molecule has 1 aliphatic heterocycles. The van der Waals surface area contributed by atoms with Crippen LogP contribution >= 0.6 is 0 Å². The molecule has 22 heavy (non-hydrogen) atoms. The number of likely N-dealkylation sites (N-methyl/N-ethyl adjacent to an activating group) is 1. The lowest BCUT2D eigenvalue weighted by atomic mass is 10.0. The van der Waals surface area contributed by atoms with Crippen molar-refractivity contribution in [3.05, 3.63) is 29.6 Å². The minimum absolute atomic E-state index is 0.0452. The van der Waals surface area contributed by atoms with Crippen LogP contribution in [0.2, 0.25) is 0 Å². The number of pyridine rings is 1. The van der Waals surface area contributed by atoms with Gasteiger partial charge >= 0.3 is 6.18 Å². The third kappa shape index (κ3) is 3.37. The van der Waals surface area contributed by atoms with E-state index < -0.39 is 23.8 Å². The van der Waals surface area contributed by atoms with Crippen LogP contribution < -0.4 is 5.32 Å². The summed E-state index contributed by atoms with van der Waals surface area (Å²) in [6.07, 6.45) is -1.52. The van der Waals surface area contributed by atoms with Crippen LogP contribution in [0.25, 0.3) is 0 Å². The molecule has 1 aliphatic rings. The van der Waals surface area contributed by atoms with Crippen LogP contribution in [0, 0.1) is 0 Å². The molecule has 5 nitrogen and oxygen atoms in total. The van der Waals surface area contributed by atoms with Gasteiger partial charge in [-0.1, -0.05) is 0 Å². The number of alkyl halides is 3. The van der Waals surface area contributed by atoms with Gasteiger partial charge in [0.15, 0.2) is 0 Å². The minimum atomic E-state index is -4.54. The second kappa shape index (κ2) is 6.33. The fourth-order valence-electron chi connectivity index (χ4n) is 2.47. The zero-order valence-electron chi connectivity index (χ0n) is 12.0. The second-order valence-corrected chi connectivity index (χ2v) is 5.05. The van der Waals surface area contributed by atoms with Crippen LogP contribution in [-0.2, 0) is 11.0 Å². The fourth-order valence-corrected chi connectivity index (χ4v) is 2.47. The highest BCUT2D eigenvalue weighted by atomic mass is 19.4. The van der Waals surface area contributed by atoms with Crippen LogP contribution in [0.3, 0.4) is 0 Å². The van der Waals surface area contributed by atoms with Crippen LogP contribution in [-0.4, -0.2) is 41.3 Å². The zero-order valence-corrected chi connectivity index (χ0v) is 12.0. The maximum absolute atomic E-state index is 12.5. The zero-order chi connectivity index (χ0) is 16.3. The van der Waals surface area contributed by atoms with Crippen LogP contribution in [0.15, 0.2) is 18.3 Å². The van der Waals surface area contributed by atoms with Crippen molar-refractivity contribution in [1.29, 1.82) is 0 Å². The molecule has 8 heteroatoms. The van der Waals surface area contributed by atoms with E-state index in [-0.39, 0.29) is 11.5 Å². The van der Waals surface area contributed by atoms with E-state index in [4.69, 9.17) is 0 Å². The molecule has 2 heterocycles. The summed E-state index contributed by atoms with van der Waals surface area (Å²) < 4.78 is 37.4. The average molecular weight is 315 g/mol. The normalized spacial score (nSPS) is 18.9. The van der Waals surface area contributed by atoms with Gasteiger partial charge in [0.25, 0.3) is 5.91 Å². The predicted octanol–water partition coefficient (Wildman–Crippen LogP) is 1.84. The largest absolute Gasteiger partial charge is 0.433 e. The molecule has 1 aromatic rings. The highest BCUT2D eigenvalue weighted by molar-refractivity contribution is 5.97. The van der Waals surface area contributed by atoms with Crippen molar-refractivity contribution in [3.63, 3.8) is 0 Å². The molecule has 1 fully saturated rings. The second-order valence-electron chi connectivity index (χ2n) is 5.05. The molecule has 0 aliphatic carbocycles. The molecule has 0 aromatic carbocycles. The van der Waals surface area contributed by atoms with E-state index in [1.165, 1.54) is 11.9 Å². The number of halogens is 3. The number of amides is 2. The Labute approximate surface area is 125 Å². The summed E-state index contributed by atoms with van der Waals surface area (Å²) in [5.74, 6) is -0.748. The number of piperidine rings is 1. The predicted molar refractivity (Wildman–Crippen MR) is 72.0 cm³/mol. The highest BCUT2D eigenvalue weighted by Gasteiger charge is 2.34. The maximum Gasteiger partial charge on any atom is 0.433 e. The van der Waals surface area contributed by atoms with Crippen molar-refractivity contribution in [1.82, 2.24) is 15.2 Å². The molecule has 1 N–H and O–H groups in total. The topological polar surface area (TPSA) is 62.3 Å². The van der Waals surface area contributed by atoms with Crippen LogP contribution in [0.5, 0.6) is 0 Å². The van der Waals surface area contributed by atoms with Gasteiger partial charge in [-0.2, -0.15) is 13.2 Å². The van der Waals surface area contributed by atoms with E-state index >= 15 is 0 Å². The van der Waals surface area contributed by atoms with Gasteiger partial charge in [0.2, 0.25) is 5.91 Å². The molecule has 0 bridgehead atoms. The first-order valence-electron chi connectivity index (χ1n) is 6.90. The molecule has 120 valence electrons. The highest BCUT2D eigenvalue weighted by Crippen LogP contribution is 2.27. The Balaban J connectivity index is 2.20. The van der Waals surface area contributed by atoms with Gasteiger partial charge in [-0.05, 0) is 31.4 Å². The van der Waals surface area contributed by atoms with E-state index in [2.05, 4.69) is 10.3 Å². The van der Waals surface area contributed by atoms with Crippen LogP contribution in [0.4, 0.5) is 13.2 Å². The summed E-state index contributed by atoms with van der Waals surface area (Å²) in [6, 6.07) is 1.27. The molecule has 1 aromatic heterocycles. The number of aromatic nitrogens is 1. The minimum Gasteiger partial charge on any atom is -0.357 e. The van der Waals surface area contributed by atoms with E-state index in [0.717, 1.165) is 31.2 Å². The molecule has 1 saturated heterocycles. The lowest BCUT2D eigenvalue weighted by Gasteiger charge is -2.34. The molecule has 1 atom stereocenters. The number of hydrogen-bond donors (Lipinski definition) is 1. The van der Waals surface area contributed by atoms with Crippen molar-refractivity contribution in [3.8, 4) is 0 Å². The lowest BCUT2D eigenvalue weighted by molar-refractivity contribution is -0.141. The van der Waals surface area contributed by atoms with Gasteiger partial charge in [-0.25, -0.2) is 0 Å². The Kier molecular flexibility index (Phi) is 4.68. The first-order chi connectivity index (χ1) is 10.3. The van der Waals surface area contributed by atoms with E-state index in [9.17, 15) is 22.8 Å². The molecule has 0 spiro atoms. The lowest BCUT2D eigenvalue weighted by Crippen LogP contribution is -2.51. The Morgan fingerprint density at radius 3 is 2.59 bits per heavy atom. The number of nitrogens with one attached hydrogen (secondary N) is 1. The monoisotopic (exact) mass is 315 g/mol. The molecule has 2 amide bonds. The SMILES string of the molecule is CNC(=O)C1CCCCN1C(=O)c1ccc(C(F)(F)F)nc1. The van der Waals surface area contributed by atoms with Gasteiger partial charge < -0.3 is 10.2 Å². The van der Waals surface area contributed by atoms with Crippen LogP contribution in [0.1, 0.15) is 35.3 Å². The smallest absolute Gasteiger partial charge is 0.357 e. The fraction of sp³-hybridized carbons (Fsp3) is 0.500. The Hall–Kier alpha value is -2.12. The number of carbonyl (C=O) groups excluding carboxylic acids is 2. The number of likely N-dealkylation sites (tertiary alicyclic amines) is 1. The standard InChI is InChI=1S/C14H16F3N3O2/c1-18-12(21)10-4-2-3-7-20(10)13(22)9-5-6-11(19-8-9)14(15,16)17/h5-6,8,10H,2-4,7H2,1H3,(H,18,21). The molecular weight excluding hydrogens is 299 g/mol. The van der Waals surface area contributed by atoms with Gasteiger partial charge in [-0.3, -0.25) is 14.6 Å². The molecular formula is C14H16F3N3O2. The molecule has 0 radical (unpaired) electrons. The number of nitrogens with zero attached hydrogens (tertiary/aromatic N) is 2. The van der Waals surface area contributed by atoms with Gasteiger partial charge in [0, 0.05) is 19.8 Å². The van der Waals surface area contributed by atoms with Crippen molar-refractivity contribution in [2.75, 3.05) is 13.6 Å². The molecule has 1 unspecified atom stereocenters.